The van der Waals surface area contributed by atoms with E-state index in [1.165, 1.54) is 11.1 Å². The van der Waals surface area contributed by atoms with E-state index in [-0.39, 0.29) is 6.04 Å². The summed E-state index contributed by atoms with van der Waals surface area (Å²) in [6.07, 6.45) is 1.77. The zero-order chi connectivity index (χ0) is 16.1. The number of hydrogen-bond acceptors (Lipinski definition) is 3. The van der Waals surface area contributed by atoms with Crippen LogP contribution in [0.2, 0.25) is 0 Å². The van der Waals surface area contributed by atoms with E-state index in [0.29, 0.717) is 12.5 Å². The predicted octanol–water partition coefficient (Wildman–Crippen LogP) is 3.18. The van der Waals surface area contributed by atoms with Gasteiger partial charge < -0.3 is 10.5 Å². The molecule has 1 saturated heterocycles. The summed E-state index contributed by atoms with van der Waals surface area (Å²) in [5.74, 6) is 1.33. The van der Waals surface area contributed by atoms with Gasteiger partial charge in [-0.15, -0.1) is 0 Å². The lowest BCUT2D eigenvalue weighted by atomic mass is 9.95. The van der Waals surface area contributed by atoms with Gasteiger partial charge >= 0.3 is 0 Å². The van der Waals surface area contributed by atoms with Gasteiger partial charge in [-0.2, -0.15) is 0 Å². The van der Waals surface area contributed by atoms with Crippen molar-refractivity contribution < 1.29 is 4.74 Å². The smallest absolute Gasteiger partial charge is 0.124 e. The second-order valence-corrected chi connectivity index (χ2v) is 6.08. The molecule has 0 unspecified atom stereocenters. The van der Waals surface area contributed by atoms with Crippen LogP contribution in [0.5, 0.6) is 5.75 Å². The second kappa shape index (κ2) is 7.44. The molecule has 23 heavy (non-hydrogen) atoms. The maximum atomic E-state index is 6.39. The van der Waals surface area contributed by atoms with Gasteiger partial charge in [-0.05, 0) is 11.6 Å². The number of para-hydroxylation sites is 1. The lowest BCUT2D eigenvalue weighted by molar-refractivity contribution is 0.307. The van der Waals surface area contributed by atoms with Crippen molar-refractivity contribution in [2.24, 2.45) is 5.73 Å². The van der Waals surface area contributed by atoms with Gasteiger partial charge in [0.15, 0.2) is 0 Å². The molecule has 0 aromatic heterocycles. The van der Waals surface area contributed by atoms with E-state index in [2.05, 4.69) is 53.9 Å². The average Bonchev–Trinajstić information content (AvgIpc) is 2.95. The maximum Gasteiger partial charge on any atom is 0.124 e. The quantitative estimate of drug-likeness (QED) is 0.833. The summed E-state index contributed by atoms with van der Waals surface area (Å²) < 4.78 is 5.76. The van der Waals surface area contributed by atoms with Crippen molar-refractivity contribution in [3.8, 4) is 5.75 Å². The zero-order valence-electron chi connectivity index (χ0n) is 13.4. The topological polar surface area (TPSA) is 38.5 Å². The van der Waals surface area contributed by atoms with E-state index in [1.54, 1.807) is 6.08 Å². The first-order chi connectivity index (χ1) is 11.3. The number of nitrogens with zero attached hydrogens (tertiary/aromatic N) is 1. The first-order valence-electron chi connectivity index (χ1n) is 8.12. The van der Waals surface area contributed by atoms with Gasteiger partial charge in [0.25, 0.3) is 0 Å². The van der Waals surface area contributed by atoms with Crippen LogP contribution in [0.3, 0.4) is 0 Å². The number of likely N-dealkylation sites (tertiary alicyclic amines) is 1. The van der Waals surface area contributed by atoms with Gasteiger partial charge in [0.2, 0.25) is 0 Å². The first kappa shape index (κ1) is 15.8. The highest BCUT2D eigenvalue weighted by atomic mass is 16.5. The molecule has 2 aromatic carbocycles. The monoisotopic (exact) mass is 308 g/mol. The molecule has 0 amide bonds. The van der Waals surface area contributed by atoms with Crippen molar-refractivity contribution in [2.75, 3.05) is 19.7 Å². The van der Waals surface area contributed by atoms with Crippen molar-refractivity contribution >= 4 is 0 Å². The highest BCUT2D eigenvalue weighted by molar-refractivity contribution is 5.34. The van der Waals surface area contributed by atoms with Crippen LogP contribution in [0, 0.1) is 0 Å². The van der Waals surface area contributed by atoms with E-state index in [0.717, 1.165) is 25.4 Å². The van der Waals surface area contributed by atoms with Crippen LogP contribution in [0.15, 0.2) is 67.3 Å². The minimum atomic E-state index is 0.179. The molecule has 1 aliphatic rings. The number of nitrogens with two attached hydrogens (primary N) is 1. The van der Waals surface area contributed by atoms with E-state index in [4.69, 9.17) is 10.5 Å². The third-order valence-corrected chi connectivity index (χ3v) is 4.39. The fraction of sp³-hybridized carbons (Fsp3) is 0.300. The Morgan fingerprint density at radius 1 is 1.09 bits per heavy atom. The van der Waals surface area contributed by atoms with Crippen molar-refractivity contribution in [3.63, 3.8) is 0 Å². The lowest BCUT2D eigenvalue weighted by Gasteiger charge is -2.18. The molecule has 1 aliphatic heterocycles. The Bertz CT molecular complexity index is 641. The van der Waals surface area contributed by atoms with Crippen LogP contribution < -0.4 is 10.5 Å². The van der Waals surface area contributed by atoms with Gasteiger partial charge in [0.1, 0.15) is 12.4 Å². The minimum absolute atomic E-state index is 0.179. The Kier molecular flexibility index (Phi) is 5.11. The summed E-state index contributed by atoms with van der Waals surface area (Å²) in [5.41, 5.74) is 8.92. The second-order valence-electron chi connectivity index (χ2n) is 6.08. The third-order valence-electron chi connectivity index (χ3n) is 4.39. The van der Waals surface area contributed by atoms with Gasteiger partial charge in [-0.25, -0.2) is 0 Å². The van der Waals surface area contributed by atoms with E-state index < -0.39 is 0 Å². The molecule has 0 saturated carbocycles. The SMILES string of the molecule is C=CCOc1ccccc1CN1C[C@@H](N)[C@H](c2ccccc2)C1. The molecule has 3 rings (SSSR count). The highest BCUT2D eigenvalue weighted by Gasteiger charge is 2.31. The van der Waals surface area contributed by atoms with Gasteiger partial charge in [0.05, 0.1) is 0 Å². The lowest BCUT2D eigenvalue weighted by Crippen LogP contribution is -2.28. The first-order valence-corrected chi connectivity index (χ1v) is 8.12. The Labute approximate surface area is 138 Å². The molecule has 1 fully saturated rings. The molecule has 2 aromatic rings. The van der Waals surface area contributed by atoms with E-state index in [1.807, 2.05) is 12.1 Å². The number of rotatable bonds is 6. The summed E-state index contributed by atoms with van der Waals surface area (Å²) in [5, 5.41) is 0. The largest absolute Gasteiger partial charge is 0.489 e. The van der Waals surface area contributed by atoms with Crippen LogP contribution in [0.4, 0.5) is 0 Å². The van der Waals surface area contributed by atoms with E-state index in [9.17, 15) is 0 Å². The van der Waals surface area contributed by atoms with Crippen LogP contribution >= 0.6 is 0 Å². The number of hydrogen-bond donors (Lipinski definition) is 1. The summed E-state index contributed by atoms with van der Waals surface area (Å²) in [6, 6.07) is 19.0. The van der Waals surface area contributed by atoms with Crippen LogP contribution in [0.1, 0.15) is 17.0 Å². The number of ether oxygens (including phenoxy) is 1. The molecule has 0 radical (unpaired) electrons. The molecule has 0 spiro atoms. The molecule has 1 heterocycles. The number of benzene rings is 2. The van der Waals surface area contributed by atoms with Crippen molar-refractivity contribution in [1.82, 2.24) is 4.90 Å². The van der Waals surface area contributed by atoms with Gasteiger partial charge in [-0.3, -0.25) is 4.90 Å². The molecular formula is C20H24N2O. The van der Waals surface area contributed by atoms with Crippen LogP contribution in [-0.2, 0) is 6.54 Å². The normalized spacial score (nSPS) is 21.3. The van der Waals surface area contributed by atoms with Gasteiger partial charge in [-0.1, -0.05) is 61.2 Å². The third kappa shape index (κ3) is 3.81. The molecule has 2 N–H and O–H groups in total. The Balaban J connectivity index is 1.69. The highest BCUT2D eigenvalue weighted by Crippen LogP contribution is 2.29. The molecule has 2 atom stereocenters. The van der Waals surface area contributed by atoms with Crippen molar-refractivity contribution in [3.05, 3.63) is 78.4 Å². The maximum absolute atomic E-state index is 6.39. The molecule has 3 heteroatoms. The fourth-order valence-corrected chi connectivity index (χ4v) is 3.26. The van der Waals surface area contributed by atoms with Crippen molar-refractivity contribution in [2.45, 2.75) is 18.5 Å². The zero-order valence-corrected chi connectivity index (χ0v) is 13.4. The Morgan fingerprint density at radius 3 is 2.61 bits per heavy atom. The molecule has 120 valence electrons. The Morgan fingerprint density at radius 2 is 1.83 bits per heavy atom. The summed E-state index contributed by atoms with van der Waals surface area (Å²) in [4.78, 5) is 2.42. The van der Waals surface area contributed by atoms with Crippen molar-refractivity contribution in [1.29, 1.82) is 0 Å². The molecule has 0 bridgehead atoms. The van der Waals surface area contributed by atoms with Crippen LogP contribution in [-0.4, -0.2) is 30.6 Å². The standard InChI is InChI=1S/C20H24N2O/c1-2-12-23-20-11-7-6-10-17(20)13-22-14-18(19(21)15-22)16-8-4-3-5-9-16/h2-11,18-19H,1,12-15,21H2/t18-,19+/m0/s1. The molecular weight excluding hydrogens is 284 g/mol. The average molecular weight is 308 g/mol. The van der Waals surface area contributed by atoms with Gasteiger partial charge in [0, 0.05) is 37.2 Å². The summed E-state index contributed by atoms with van der Waals surface area (Å²) in [6.45, 7) is 7.01. The van der Waals surface area contributed by atoms with Crippen LogP contribution in [0.25, 0.3) is 0 Å². The summed E-state index contributed by atoms with van der Waals surface area (Å²) >= 11 is 0. The molecule has 3 nitrogen and oxygen atoms in total. The van der Waals surface area contributed by atoms with E-state index >= 15 is 0 Å². The Hall–Kier alpha value is -2.10. The fourth-order valence-electron chi connectivity index (χ4n) is 3.26. The molecule has 0 aliphatic carbocycles. The predicted molar refractivity (Wildman–Crippen MR) is 94.6 cm³/mol. The summed E-state index contributed by atoms with van der Waals surface area (Å²) in [7, 11) is 0. The minimum Gasteiger partial charge on any atom is -0.489 e.